The zero-order chi connectivity index (χ0) is 12.4. The van der Waals surface area contributed by atoms with Crippen LogP contribution in [0.1, 0.15) is 30.6 Å². The summed E-state index contributed by atoms with van der Waals surface area (Å²) in [6.45, 7) is 2.49. The molecule has 4 nitrogen and oxygen atoms in total. The molecule has 0 aromatic heterocycles. The van der Waals surface area contributed by atoms with E-state index in [1.54, 1.807) is 19.2 Å². The highest BCUT2D eigenvalue weighted by Gasteiger charge is 2.21. The lowest BCUT2D eigenvalue weighted by molar-refractivity contribution is 0.164. The van der Waals surface area contributed by atoms with Crippen LogP contribution in [-0.2, 0) is 6.42 Å². The summed E-state index contributed by atoms with van der Waals surface area (Å²) in [7, 11) is 1.69. The second kappa shape index (κ2) is 4.75. The monoisotopic (exact) mass is 235 g/mol. The van der Waals surface area contributed by atoms with Gasteiger partial charge in [0, 0.05) is 13.6 Å². The summed E-state index contributed by atoms with van der Waals surface area (Å²) < 4.78 is 5.22. The van der Waals surface area contributed by atoms with Crippen molar-refractivity contribution in [2.75, 3.05) is 13.6 Å². The zero-order valence-electron chi connectivity index (χ0n) is 10.1. The van der Waals surface area contributed by atoms with E-state index in [0.717, 1.165) is 24.0 Å². The fourth-order valence-corrected chi connectivity index (χ4v) is 1.93. The molecule has 1 aromatic carbocycles. The van der Waals surface area contributed by atoms with E-state index in [1.165, 1.54) is 4.90 Å². The van der Waals surface area contributed by atoms with Crippen LogP contribution in [0.4, 0.5) is 4.79 Å². The molecule has 0 spiro atoms. The largest absolute Gasteiger partial charge is 0.414 e. The molecular formula is C13H17NO3. The van der Waals surface area contributed by atoms with Gasteiger partial charge in [-0.05, 0) is 43.0 Å². The average molecular weight is 235 g/mol. The lowest BCUT2D eigenvalue weighted by Gasteiger charge is -2.15. The first-order valence-electron chi connectivity index (χ1n) is 5.85. The van der Waals surface area contributed by atoms with Crippen LogP contribution in [0.2, 0.25) is 0 Å². The quantitative estimate of drug-likeness (QED) is 0.854. The second-order valence-electron chi connectivity index (χ2n) is 4.30. The summed E-state index contributed by atoms with van der Waals surface area (Å²) in [4.78, 5) is 13.1. The van der Waals surface area contributed by atoms with Crippen LogP contribution in [-0.4, -0.2) is 29.7 Å². The van der Waals surface area contributed by atoms with Crippen molar-refractivity contribution in [3.05, 3.63) is 29.3 Å². The van der Waals surface area contributed by atoms with E-state index in [9.17, 15) is 9.90 Å². The van der Waals surface area contributed by atoms with Crippen molar-refractivity contribution in [2.45, 2.75) is 25.9 Å². The smallest absolute Gasteiger partial charge is 0.410 e. The zero-order valence-corrected chi connectivity index (χ0v) is 10.1. The maximum atomic E-state index is 11.6. The van der Waals surface area contributed by atoms with Gasteiger partial charge in [0.15, 0.2) is 0 Å². The van der Waals surface area contributed by atoms with Gasteiger partial charge in [0.2, 0.25) is 0 Å². The highest BCUT2D eigenvalue weighted by Crippen LogP contribution is 2.33. The normalized spacial score (nSPS) is 17.7. The lowest BCUT2D eigenvalue weighted by atomic mass is 10.1. The Bertz CT molecular complexity index is 431. The fraction of sp³-hybridized carbons (Fsp3) is 0.462. The molecule has 1 aromatic rings. The maximum Gasteiger partial charge on any atom is 0.414 e. The minimum atomic E-state index is -0.424. The lowest BCUT2D eigenvalue weighted by Crippen LogP contribution is -2.29. The SMILES string of the molecule is CCN(C)C(=O)Oc1ccc2c(c1)[C@H](O)CC2. The predicted octanol–water partition coefficient (Wildman–Crippen LogP) is 2.12. The Kier molecular flexibility index (Phi) is 3.33. The standard InChI is InChI=1S/C13H17NO3/c1-3-14(2)13(16)17-10-6-4-9-5-7-12(15)11(9)8-10/h4,6,8,12,15H,3,5,7H2,1-2H3/t12-/m1/s1. The van der Waals surface area contributed by atoms with Gasteiger partial charge in [0.25, 0.3) is 0 Å². The Hall–Kier alpha value is -1.55. The van der Waals surface area contributed by atoms with E-state index in [1.807, 2.05) is 13.0 Å². The molecule has 0 heterocycles. The van der Waals surface area contributed by atoms with Gasteiger partial charge in [0.1, 0.15) is 5.75 Å². The number of aliphatic hydroxyl groups is 1. The Morgan fingerprint density at radius 3 is 3.06 bits per heavy atom. The molecule has 0 fully saturated rings. The van der Waals surface area contributed by atoms with Crippen LogP contribution in [0.25, 0.3) is 0 Å². The van der Waals surface area contributed by atoms with E-state index in [0.29, 0.717) is 12.3 Å². The molecule has 0 bridgehead atoms. The Morgan fingerprint density at radius 1 is 1.59 bits per heavy atom. The van der Waals surface area contributed by atoms with Gasteiger partial charge in [-0.3, -0.25) is 0 Å². The number of rotatable bonds is 2. The Labute approximate surface area is 101 Å². The molecular weight excluding hydrogens is 218 g/mol. The summed E-state index contributed by atoms with van der Waals surface area (Å²) in [6, 6.07) is 5.45. The third-order valence-electron chi connectivity index (χ3n) is 3.15. The summed E-state index contributed by atoms with van der Waals surface area (Å²) in [5, 5.41) is 9.74. The summed E-state index contributed by atoms with van der Waals surface area (Å²) >= 11 is 0. The van der Waals surface area contributed by atoms with Crippen LogP contribution in [0, 0.1) is 0 Å². The number of hydrogen-bond acceptors (Lipinski definition) is 3. The number of hydrogen-bond donors (Lipinski definition) is 1. The molecule has 0 unspecified atom stereocenters. The number of aliphatic hydroxyl groups excluding tert-OH is 1. The van der Waals surface area contributed by atoms with E-state index in [-0.39, 0.29) is 6.09 Å². The molecule has 1 aliphatic carbocycles. The van der Waals surface area contributed by atoms with Gasteiger partial charge in [-0.15, -0.1) is 0 Å². The maximum absolute atomic E-state index is 11.6. The minimum absolute atomic E-state index is 0.375. The van der Waals surface area contributed by atoms with Gasteiger partial charge in [-0.1, -0.05) is 6.07 Å². The number of aryl methyl sites for hydroxylation is 1. The summed E-state index contributed by atoms with van der Waals surface area (Å²) in [5.41, 5.74) is 2.02. The topological polar surface area (TPSA) is 49.8 Å². The Balaban J connectivity index is 2.13. The van der Waals surface area contributed by atoms with Crippen molar-refractivity contribution in [1.82, 2.24) is 4.90 Å². The number of carbonyl (C=O) groups excluding carboxylic acids is 1. The van der Waals surface area contributed by atoms with E-state index < -0.39 is 6.10 Å². The molecule has 0 aliphatic heterocycles. The van der Waals surface area contributed by atoms with E-state index >= 15 is 0 Å². The van der Waals surface area contributed by atoms with Gasteiger partial charge in [0.05, 0.1) is 6.10 Å². The highest BCUT2D eigenvalue weighted by molar-refractivity contribution is 5.70. The number of benzene rings is 1. The minimum Gasteiger partial charge on any atom is -0.410 e. The van der Waals surface area contributed by atoms with Crippen molar-refractivity contribution >= 4 is 6.09 Å². The molecule has 1 amide bonds. The van der Waals surface area contributed by atoms with Crippen molar-refractivity contribution < 1.29 is 14.6 Å². The van der Waals surface area contributed by atoms with E-state index in [4.69, 9.17) is 4.74 Å². The highest BCUT2D eigenvalue weighted by atomic mass is 16.6. The number of carbonyl (C=O) groups is 1. The van der Waals surface area contributed by atoms with Crippen molar-refractivity contribution in [3.8, 4) is 5.75 Å². The van der Waals surface area contributed by atoms with Crippen molar-refractivity contribution in [1.29, 1.82) is 0 Å². The van der Waals surface area contributed by atoms with Crippen LogP contribution in [0.3, 0.4) is 0 Å². The van der Waals surface area contributed by atoms with E-state index in [2.05, 4.69) is 0 Å². The first-order valence-corrected chi connectivity index (χ1v) is 5.85. The predicted molar refractivity (Wildman–Crippen MR) is 64.1 cm³/mol. The number of amides is 1. The molecule has 1 atom stereocenters. The van der Waals surface area contributed by atoms with Gasteiger partial charge in [-0.25, -0.2) is 4.79 Å². The molecule has 2 rings (SSSR count). The van der Waals surface area contributed by atoms with Gasteiger partial charge in [-0.2, -0.15) is 0 Å². The molecule has 92 valence electrons. The van der Waals surface area contributed by atoms with Gasteiger partial charge < -0.3 is 14.7 Å². The molecule has 0 saturated carbocycles. The number of nitrogens with zero attached hydrogens (tertiary/aromatic N) is 1. The fourth-order valence-electron chi connectivity index (χ4n) is 1.93. The van der Waals surface area contributed by atoms with Crippen molar-refractivity contribution in [2.24, 2.45) is 0 Å². The third-order valence-corrected chi connectivity index (χ3v) is 3.15. The van der Waals surface area contributed by atoms with Crippen LogP contribution in [0.15, 0.2) is 18.2 Å². The third kappa shape index (κ3) is 2.42. The van der Waals surface area contributed by atoms with Crippen LogP contribution < -0.4 is 4.74 Å². The molecule has 0 saturated heterocycles. The molecule has 1 aliphatic rings. The number of fused-ring (bicyclic) bond motifs is 1. The Morgan fingerprint density at radius 2 is 2.35 bits per heavy atom. The molecule has 17 heavy (non-hydrogen) atoms. The van der Waals surface area contributed by atoms with Crippen LogP contribution in [0.5, 0.6) is 5.75 Å². The summed E-state index contributed by atoms with van der Waals surface area (Å²) in [6.07, 6.45) is 0.841. The van der Waals surface area contributed by atoms with Crippen LogP contribution >= 0.6 is 0 Å². The first-order chi connectivity index (χ1) is 8.11. The second-order valence-corrected chi connectivity index (χ2v) is 4.30. The molecule has 0 radical (unpaired) electrons. The molecule has 4 heteroatoms. The van der Waals surface area contributed by atoms with Gasteiger partial charge >= 0.3 is 6.09 Å². The first kappa shape index (κ1) is 11.9. The summed E-state index contributed by atoms with van der Waals surface area (Å²) in [5.74, 6) is 0.495. The van der Waals surface area contributed by atoms with Crippen molar-refractivity contribution in [3.63, 3.8) is 0 Å². The molecule has 1 N–H and O–H groups in total. The number of ether oxygens (including phenoxy) is 1. The average Bonchev–Trinajstić information content (AvgIpc) is 2.70.